The molecule has 0 heterocycles. The Morgan fingerprint density at radius 3 is 2.56 bits per heavy atom. The van der Waals surface area contributed by atoms with Crippen LogP contribution in [-0.2, 0) is 11.3 Å². The van der Waals surface area contributed by atoms with E-state index in [1.165, 1.54) is 0 Å². The molecule has 0 saturated heterocycles. The molecule has 0 aliphatic heterocycles. The van der Waals surface area contributed by atoms with E-state index in [1.807, 2.05) is 24.3 Å². The van der Waals surface area contributed by atoms with Crippen molar-refractivity contribution in [2.45, 2.75) is 13.0 Å². The molecule has 0 saturated carbocycles. The van der Waals surface area contributed by atoms with Crippen molar-refractivity contribution in [2.75, 3.05) is 7.11 Å². The fourth-order valence-electron chi connectivity index (χ4n) is 1.18. The van der Waals surface area contributed by atoms with Crippen LogP contribution < -0.4 is 15.8 Å². The van der Waals surface area contributed by atoms with Gasteiger partial charge in [0.2, 0.25) is 5.91 Å². The zero-order valence-corrected chi connectivity index (χ0v) is 9.12. The minimum Gasteiger partial charge on any atom is -0.497 e. The van der Waals surface area contributed by atoms with Gasteiger partial charge in [-0.2, -0.15) is 0 Å². The fraction of sp³-hybridized carbons (Fsp3) is 0.273. The van der Waals surface area contributed by atoms with Crippen LogP contribution in [0.5, 0.6) is 5.75 Å². The molecule has 0 aliphatic carbocycles. The highest BCUT2D eigenvalue weighted by Crippen LogP contribution is 2.10. The highest BCUT2D eigenvalue weighted by Gasteiger charge is 2.02. The molecule has 0 unspecified atom stereocenters. The molecule has 4 N–H and O–H groups in total. The quantitative estimate of drug-likeness (QED) is 0.503. The van der Waals surface area contributed by atoms with Crippen LogP contribution in [0.25, 0.3) is 0 Å². The van der Waals surface area contributed by atoms with Crippen molar-refractivity contribution in [2.24, 2.45) is 5.73 Å². The first kappa shape index (κ1) is 12.0. The fourth-order valence-corrected chi connectivity index (χ4v) is 1.18. The van der Waals surface area contributed by atoms with E-state index in [0.29, 0.717) is 6.54 Å². The second-order valence-electron chi connectivity index (χ2n) is 3.33. The Labute approximate surface area is 94.1 Å². The number of methoxy groups -OCH3 is 1. The number of amides is 1. The van der Waals surface area contributed by atoms with Crippen LogP contribution >= 0.6 is 0 Å². The monoisotopic (exact) mass is 221 g/mol. The van der Waals surface area contributed by atoms with Gasteiger partial charge in [0.1, 0.15) is 5.75 Å². The van der Waals surface area contributed by atoms with Gasteiger partial charge < -0.3 is 15.8 Å². The molecule has 0 atom stereocenters. The Hall–Kier alpha value is -2.04. The zero-order valence-electron chi connectivity index (χ0n) is 9.12. The number of benzene rings is 1. The molecule has 1 amide bonds. The molecule has 0 aliphatic rings. The van der Waals surface area contributed by atoms with Crippen molar-refractivity contribution in [3.05, 3.63) is 29.8 Å². The summed E-state index contributed by atoms with van der Waals surface area (Å²) in [5.41, 5.74) is 6.08. The normalized spacial score (nSPS) is 9.56. The predicted octanol–water partition coefficient (Wildman–Crippen LogP) is 0.637. The largest absolute Gasteiger partial charge is 0.497 e. The van der Waals surface area contributed by atoms with Crippen LogP contribution in [0.3, 0.4) is 0 Å². The Balaban J connectivity index is 2.42. The Morgan fingerprint density at radius 2 is 2.06 bits per heavy atom. The molecule has 86 valence electrons. The van der Waals surface area contributed by atoms with Crippen molar-refractivity contribution in [1.29, 1.82) is 5.41 Å². The van der Waals surface area contributed by atoms with E-state index in [9.17, 15) is 4.79 Å². The molecule has 0 fully saturated rings. The number of carbonyl (C=O) groups excluding carboxylic acids is 1. The van der Waals surface area contributed by atoms with Crippen LogP contribution in [0.1, 0.15) is 12.0 Å². The van der Waals surface area contributed by atoms with Gasteiger partial charge in [-0.15, -0.1) is 0 Å². The maximum Gasteiger partial charge on any atom is 0.227 e. The lowest BCUT2D eigenvalue weighted by Gasteiger charge is -2.05. The molecule has 1 aromatic carbocycles. The van der Waals surface area contributed by atoms with Gasteiger partial charge in [-0.25, -0.2) is 0 Å². The van der Waals surface area contributed by atoms with E-state index in [0.717, 1.165) is 11.3 Å². The SMILES string of the molecule is COc1ccc(CNC(=O)CC(=N)N)cc1. The summed E-state index contributed by atoms with van der Waals surface area (Å²) >= 11 is 0. The van der Waals surface area contributed by atoms with Crippen LogP contribution in [0.15, 0.2) is 24.3 Å². The maximum absolute atomic E-state index is 11.2. The Morgan fingerprint density at radius 1 is 1.44 bits per heavy atom. The first-order chi connectivity index (χ1) is 7.61. The summed E-state index contributed by atoms with van der Waals surface area (Å²) in [5, 5.41) is 9.63. The number of amidine groups is 1. The van der Waals surface area contributed by atoms with E-state index < -0.39 is 0 Å². The number of nitrogens with two attached hydrogens (primary N) is 1. The summed E-state index contributed by atoms with van der Waals surface area (Å²) in [7, 11) is 1.60. The molecular formula is C11H15N3O2. The number of ether oxygens (including phenoxy) is 1. The molecule has 0 spiro atoms. The van der Waals surface area contributed by atoms with Crippen LogP contribution in [0, 0.1) is 5.41 Å². The van der Waals surface area contributed by atoms with Crippen molar-refractivity contribution >= 4 is 11.7 Å². The zero-order chi connectivity index (χ0) is 12.0. The Bertz CT molecular complexity index is 373. The average molecular weight is 221 g/mol. The molecule has 0 bridgehead atoms. The lowest BCUT2D eigenvalue weighted by atomic mass is 10.2. The molecular weight excluding hydrogens is 206 g/mol. The van der Waals surface area contributed by atoms with E-state index in [-0.39, 0.29) is 18.2 Å². The third-order valence-electron chi connectivity index (χ3n) is 2.00. The van der Waals surface area contributed by atoms with Gasteiger partial charge in [0, 0.05) is 6.54 Å². The van der Waals surface area contributed by atoms with E-state index in [4.69, 9.17) is 15.9 Å². The standard InChI is InChI=1S/C11H15N3O2/c1-16-9-4-2-8(3-5-9)7-14-11(15)6-10(12)13/h2-5H,6-7H2,1H3,(H3,12,13)(H,14,15). The van der Waals surface area contributed by atoms with Gasteiger partial charge in [-0.05, 0) is 17.7 Å². The van der Waals surface area contributed by atoms with E-state index >= 15 is 0 Å². The molecule has 5 heteroatoms. The van der Waals surface area contributed by atoms with E-state index in [2.05, 4.69) is 5.32 Å². The minimum absolute atomic E-state index is 0.0594. The topological polar surface area (TPSA) is 88.2 Å². The first-order valence-electron chi connectivity index (χ1n) is 4.84. The molecule has 5 nitrogen and oxygen atoms in total. The third-order valence-corrected chi connectivity index (χ3v) is 2.00. The first-order valence-corrected chi connectivity index (χ1v) is 4.84. The van der Waals surface area contributed by atoms with Gasteiger partial charge in [0.25, 0.3) is 0 Å². The highest BCUT2D eigenvalue weighted by atomic mass is 16.5. The molecule has 0 radical (unpaired) electrons. The summed E-state index contributed by atoms with van der Waals surface area (Å²) in [6.45, 7) is 0.427. The Kier molecular flexibility index (Phi) is 4.32. The van der Waals surface area contributed by atoms with Crippen molar-refractivity contribution in [3.8, 4) is 5.75 Å². The van der Waals surface area contributed by atoms with E-state index in [1.54, 1.807) is 7.11 Å². The summed E-state index contributed by atoms with van der Waals surface area (Å²) in [4.78, 5) is 11.2. The van der Waals surface area contributed by atoms with Crippen LogP contribution in [0.4, 0.5) is 0 Å². The molecule has 1 aromatic rings. The van der Waals surface area contributed by atoms with Gasteiger partial charge in [-0.3, -0.25) is 10.2 Å². The number of rotatable bonds is 5. The third kappa shape index (κ3) is 4.00. The van der Waals surface area contributed by atoms with Gasteiger partial charge >= 0.3 is 0 Å². The summed E-state index contributed by atoms with van der Waals surface area (Å²) in [6, 6.07) is 7.39. The molecule has 0 aromatic heterocycles. The van der Waals surface area contributed by atoms with Gasteiger partial charge in [0.15, 0.2) is 0 Å². The number of hydrogen-bond donors (Lipinski definition) is 3. The lowest BCUT2D eigenvalue weighted by molar-refractivity contribution is -0.120. The average Bonchev–Trinajstić information content (AvgIpc) is 2.26. The van der Waals surface area contributed by atoms with Gasteiger partial charge in [0.05, 0.1) is 19.4 Å². The lowest BCUT2D eigenvalue weighted by Crippen LogP contribution is -2.27. The van der Waals surface area contributed by atoms with Crippen LogP contribution in [0.2, 0.25) is 0 Å². The summed E-state index contributed by atoms with van der Waals surface area (Å²) in [6.07, 6.45) is -0.0594. The highest BCUT2D eigenvalue weighted by molar-refractivity contribution is 5.97. The summed E-state index contributed by atoms with van der Waals surface area (Å²) < 4.78 is 5.02. The second kappa shape index (κ2) is 5.75. The maximum atomic E-state index is 11.2. The minimum atomic E-state index is -0.247. The van der Waals surface area contributed by atoms with Gasteiger partial charge in [-0.1, -0.05) is 12.1 Å². The van der Waals surface area contributed by atoms with Crippen LogP contribution in [-0.4, -0.2) is 18.9 Å². The molecule has 1 rings (SSSR count). The molecule has 16 heavy (non-hydrogen) atoms. The number of nitrogens with one attached hydrogen (secondary N) is 2. The predicted molar refractivity (Wildman–Crippen MR) is 61.4 cm³/mol. The van der Waals surface area contributed by atoms with Crippen molar-refractivity contribution < 1.29 is 9.53 Å². The smallest absolute Gasteiger partial charge is 0.227 e. The van der Waals surface area contributed by atoms with Crippen molar-refractivity contribution in [1.82, 2.24) is 5.32 Å². The second-order valence-corrected chi connectivity index (χ2v) is 3.33. The summed E-state index contributed by atoms with van der Waals surface area (Å²) in [5.74, 6) is 0.398. The number of hydrogen-bond acceptors (Lipinski definition) is 3. The van der Waals surface area contributed by atoms with Crippen molar-refractivity contribution in [3.63, 3.8) is 0 Å². The number of carbonyl (C=O) groups is 1.